The first-order valence-corrected chi connectivity index (χ1v) is 10.6. The Hall–Kier alpha value is -2.62. The Balaban J connectivity index is 0.00000363. The predicted molar refractivity (Wildman–Crippen MR) is 139 cm³/mol. The van der Waals surface area contributed by atoms with Gasteiger partial charge in [-0.2, -0.15) is 0 Å². The fourth-order valence-electron chi connectivity index (χ4n) is 3.64. The van der Waals surface area contributed by atoms with E-state index >= 15 is 0 Å². The van der Waals surface area contributed by atoms with Gasteiger partial charge in [-0.25, -0.2) is 0 Å². The van der Waals surface area contributed by atoms with E-state index in [0.717, 1.165) is 24.9 Å². The van der Waals surface area contributed by atoms with Crippen molar-refractivity contribution in [1.29, 1.82) is 0 Å². The van der Waals surface area contributed by atoms with Gasteiger partial charge in [0.2, 0.25) is 5.91 Å². The van der Waals surface area contributed by atoms with Crippen LogP contribution in [0.4, 0.5) is 0 Å². The van der Waals surface area contributed by atoms with Gasteiger partial charge in [-0.15, -0.1) is 24.0 Å². The predicted octanol–water partition coefficient (Wildman–Crippen LogP) is 2.30. The second-order valence-corrected chi connectivity index (χ2v) is 7.84. The Morgan fingerprint density at radius 3 is 2.53 bits per heavy atom. The largest absolute Gasteiger partial charge is 0.356 e. The van der Waals surface area contributed by atoms with Crippen molar-refractivity contribution in [2.75, 3.05) is 40.8 Å². The fourth-order valence-corrected chi connectivity index (χ4v) is 3.64. The maximum atomic E-state index is 12.6. The van der Waals surface area contributed by atoms with Gasteiger partial charge in [0, 0.05) is 46.3 Å². The summed E-state index contributed by atoms with van der Waals surface area (Å²) in [5.74, 6) is 0.643. The fraction of sp³-hybridized carbons (Fsp3) is 0.375. The highest BCUT2D eigenvalue weighted by Crippen LogP contribution is 2.18. The number of hydrogen-bond donors (Lipinski definition) is 2. The maximum Gasteiger partial charge on any atom is 0.253 e. The summed E-state index contributed by atoms with van der Waals surface area (Å²) in [5.41, 5.74) is 4.30. The van der Waals surface area contributed by atoms with Gasteiger partial charge in [-0.1, -0.05) is 36.4 Å². The van der Waals surface area contributed by atoms with Crippen LogP contribution >= 0.6 is 24.0 Å². The minimum absolute atomic E-state index is 0. The lowest BCUT2D eigenvalue weighted by atomic mass is 10.00. The summed E-state index contributed by atoms with van der Waals surface area (Å²) in [7, 11) is 5.18. The van der Waals surface area contributed by atoms with Crippen LogP contribution in [0.1, 0.15) is 27.0 Å². The first kappa shape index (κ1) is 25.6. The highest BCUT2D eigenvalue weighted by molar-refractivity contribution is 14.0. The molecule has 172 valence electrons. The summed E-state index contributed by atoms with van der Waals surface area (Å²) in [6.45, 7) is 2.25. The number of hydrogen-bond acceptors (Lipinski definition) is 3. The van der Waals surface area contributed by atoms with Crippen LogP contribution in [0.3, 0.4) is 0 Å². The van der Waals surface area contributed by atoms with Gasteiger partial charge in [0.25, 0.3) is 5.91 Å². The van der Waals surface area contributed by atoms with E-state index in [2.05, 4.69) is 27.8 Å². The third-order valence-electron chi connectivity index (χ3n) is 5.40. The lowest BCUT2D eigenvalue weighted by molar-refractivity contribution is -0.130. The van der Waals surface area contributed by atoms with Crippen LogP contribution in [-0.2, 0) is 24.2 Å². The van der Waals surface area contributed by atoms with Crippen molar-refractivity contribution in [1.82, 2.24) is 20.4 Å². The van der Waals surface area contributed by atoms with Gasteiger partial charge in [0.1, 0.15) is 0 Å². The number of halogens is 1. The van der Waals surface area contributed by atoms with Crippen molar-refractivity contribution in [3.63, 3.8) is 0 Å². The van der Waals surface area contributed by atoms with E-state index < -0.39 is 0 Å². The first-order valence-electron chi connectivity index (χ1n) is 10.6. The van der Waals surface area contributed by atoms with Crippen molar-refractivity contribution in [3.05, 3.63) is 70.8 Å². The number of benzene rings is 2. The summed E-state index contributed by atoms with van der Waals surface area (Å²) < 4.78 is 0. The molecular formula is C24H32IN5O2. The molecule has 0 aromatic heterocycles. The van der Waals surface area contributed by atoms with Crippen LogP contribution in [-0.4, -0.2) is 68.4 Å². The third kappa shape index (κ3) is 6.94. The van der Waals surface area contributed by atoms with Crippen molar-refractivity contribution in [3.8, 4) is 0 Å². The van der Waals surface area contributed by atoms with E-state index in [9.17, 15) is 9.59 Å². The van der Waals surface area contributed by atoms with Crippen LogP contribution in [0.5, 0.6) is 0 Å². The van der Waals surface area contributed by atoms with Crippen LogP contribution in [0.25, 0.3) is 0 Å². The van der Waals surface area contributed by atoms with Crippen LogP contribution < -0.4 is 10.6 Å². The number of rotatable bonds is 6. The number of nitrogens with zero attached hydrogens (tertiary/aromatic N) is 3. The van der Waals surface area contributed by atoms with Crippen LogP contribution in [0.2, 0.25) is 0 Å². The minimum Gasteiger partial charge on any atom is -0.356 e. The molecule has 0 spiro atoms. The Labute approximate surface area is 207 Å². The zero-order valence-corrected chi connectivity index (χ0v) is 21.3. The monoisotopic (exact) mass is 549 g/mol. The molecule has 0 aliphatic carbocycles. The number of guanidine groups is 1. The quantitative estimate of drug-likeness (QED) is 0.330. The molecule has 1 aliphatic rings. The Morgan fingerprint density at radius 2 is 1.81 bits per heavy atom. The third-order valence-corrected chi connectivity index (χ3v) is 5.40. The first-order chi connectivity index (χ1) is 15.0. The Kier molecular flexibility index (Phi) is 9.96. The van der Waals surface area contributed by atoms with Crippen LogP contribution in [0.15, 0.2) is 53.5 Å². The molecule has 8 heteroatoms. The van der Waals surface area contributed by atoms with Gasteiger partial charge in [0.05, 0.1) is 6.54 Å². The normalized spacial score (nSPS) is 13.0. The smallest absolute Gasteiger partial charge is 0.253 e. The van der Waals surface area contributed by atoms with Gasteiger partial charge in [-0.05, 0) is 41.7 Å². The minimum atomic E-state index is -0.00821. The number of aliphatic imine (C=N–C) groups is 1. The van der Waals surface area contributed by atoms with Crippen molar-refractivity contribution in [2.45, 2.75) is 19.4 Å². The van der Waals surface area contributed by atoms with Gasteiger partial charge in [0.15, 0.2) is 5.96 Å². The molecule has 0 atom stereocenters. The molecule has 0 saturated heterocycles. The SMILES string of the molecule is CN=C(NCCc1cccc(C(=O)N(C)C)c1)NCC(=O)N1CCc2ccccc2C1.I. The molecule has 2 aromatic carbocycles. The molecule has 1 aliphatic heterocycles. The molecule has 0 saturated carbocycles. The van der Waals surface area contributed by atoms with Crippen molar-refractivity contribution >= 4 is 41.8 Å². The summed E-state index contributed by atoms with van der Waals surface area (Å²) in [4.78, 5) is 32.4. The summed E-state index contributed by atoms with van der Waals surface area (Å²) in [5, 5.41) is 6.34. The van der Waals surface area contributed by atoms with E-state index in [1.165, 1.54) is 11.1 Å². The topological polar surface area (TPSA) is 77.0 Å². The summed E-state index contributed by atoms with van der Waals surface area (Å²) in [6, 6.07) is 15.9. The lowest BCUT2D eigenvalue weighted by Gasteiger charge is -2.29. The van der Waals surface area contributed by atoms with E-state index in [1.54, 1.807) is 26.0 Å². The van der Waals surface area contributed by atoms with E-state index in [-0.39, 0.29) is 42.3 Å². The molecule has 0 bridgehead atoms. The molecule has 0 fully saturated rings. The molecular weight excluding hydrogens is 517 g/mol. The number of nitrogens with one attached hydrogen (secondary N) is 2. The number of amides is 2. The van der Waals surface area contributed by atoms with E-state index in [4.69, 9.17) is 0 Å². The summed E-state index contributed by atoms with van der Waals surface area (Å²) >= 11 is 0. The maximum absolute atomic E-state index is 12.6. The number of carbonyl (C=O) groups excluding carboxylic acids is 2. The number of fused-ring (bicyclic) bond motifs is 1. The van der Waals surface area contributed by atoms with E-state index in [1.807, 2.05) is 41.3 Å². The van der Waals surface area contributed by atoms with Gasteiger partial charge < -0.3 is 20.4 Å². The summed E-state index contributed by atoms with van der Waals surface area (Å²) in [6.07, 6.45) is 1.64. The van der Waals surface area contributed by atoms with Crippen molar-refractivity contribution in [2.24, 2.45) is 4.99 Å². The Bertz CT molecular complexity index is 961. The highest BCUT2D eigenvalue weighted by atomic mass is 127. The Morgan fingerprint density at radius 1 is 1.06 bits per heavy atom. The molecule has 7 nitrogen and oxygen atoms in total. The molecule has 2 amide bonds. The second-order valence-electron chi connectivity index (χ2n) is 7.84. The lowest BCUT2D eigenvalue weighted by Crippen LogP contribution is -2.46. The zero-order valence-electron chi connectivity index (χ0n) is 18.9. The molecule has 1 heterocycles. The zero-order chi connectivity index (χ0) is 22.2. The van der Waals surface area contributed by atoms with Gasteiger partial charge in [-0.3, -0.25) is 14.6 Å². The second kappa shape index (κ2) is 12.4. The molecule has 32 heavy (non-hydrogen) atoms. The van der Waals surface area contributed by atoms with Gasteiger partial charge >= 0.3 is 0 Å². The standard InChI is InChI=1S/C24H31N5O2.HI/c1-25-24(26-13-11-18-7-6-10-20(15-18)23(31)28(2)3)27-16-22(30)29-14-12-19-8-4-5-9-21(19)17-29;/h4-10,15H,11-14,16-17H2,1-3H3,(H2,25,26,27);1H. The molecule has 0 radical (unpaired) electrons. The molecule has 3 rings (SSSR count). The molecule has 2 N–H and O–H groups in total. The van der Waals surface area contributed by atoms with Crippen LogP contribution in [0, 0.1) is 0 Å². The molecule has 2 aromatic rings. The van der Waals surface area contributed by atoms with Crippen molar-refractivity contribution < 1.29 is 9.59 Å². The average molecular weight is 549 g/mol. The van der Waals surface area contributed by atoms with E-state index in [0.29, 0.717) is 24.6 Å². The molecule has 0 unspecified atom stereocenters. The average Bonchev–Trinajstić information content (AvgIpc) is 2.80. The highest BCUT2D eigenvalue weighted by Gasteiger charge is 2.20. The number of carbonyl (C=O) groups is 2.